The van der Waals surface area contributed by atoms with Crippen molar-refractivity contribution in [1.82, 2.24) is 8.96 Å². The van der Waals surface area contributed by atoms with Gasteiger partial charge in [-0.05, 0) is 33.9 Å². The molecule has 0 radical (unpaired) electrons. The topological polar surface area (TPSA) is 17.8 Å². The average Bonchev–Trinajstić information content (AvgIpc) is 3.08. The quantitative estimate of drug-likeness (QED) is 0.797. The molecule has 1 aromatic heterocycles. The maximum absolute atomic E-state index is 4.24. The van der Waals surface area contributed by atoms with Crippen molar-refractivity contribution in [3.8, 4) is 0 Å². The molecule has 1 unspecified atom stereocenters. The molecule has 0 fully saturated rings. The number of imidazole rings is 1. The van der Waals surface area contributed by atoms with Crippen LogP contribution in [0.4, 0.5) is 0 Å². The zero-order valence-electron chi connectivity index (χ0n) is 11.9. The zero-order valence-corrected chi connectivity index (χ0v) is 12.8. The number of hydrogen-bond acceptors (Lipinski definition) is 1. The van der Waals surface area contributed by atoms with E-state index in [-0.39, 0.29) is 0 Å². The number of nitrogens with zero attached hydrogens (tertiary/aromatic N) is 2. The minimum absolute atomic E-state index is 0.656. The normalized spacial score (nSPS) is 24.6. The molecule has 0 bridgehead atoms. The molecular weight excluding hydrogens is 264 g/mol. The van der Waals surface area contributed by atoms with Crippen molar-refractivity contribution < 1.29 is 0 Å². The van der Waals surface area contributed by atoms with Crippen LogP contribution in [0, 0.1) is 5.92 Å². The maximum Gasteiger partial charge on any atom is 0.104 e. The second kappa shape index (κ2) is 5.33. The third-order valence-electron chi connectivity index (χ3n) is 3.39. The van der Waals surface area contributed by atoms with Gasteiger partial charge in [0.15, 0.2) is 0 Å². The van der Waals surface area contributed by atoms with Crippen LogP contribution in [0.1, 0.15) is 19.4 Å². The molecule has 1 aliphatic rings. The Kier molecular flexibility index (Phi) is 3.53. The van der Waals surface area contributed by atoms with E-state index >= 15 is 0 Å². The summed E-state index contributed by atoms with van der Waals surface area (Å²) in [7, 11) is -1.08. The minimum Gasteiger partial charge on any atom is -0.292 e. The van der Waals surface area contributed by atoms with Gasteiger partial charge in [0.25, 0.3) is 0 Å². The third kappa shape index (κ3) is 2.46. The Morgan fingerprint density at radius 2 is 2.00 bits per heavy atom. The molecule has 20 heavy (non-hydrogen) atoms. The standard InChI is InChI=1S/C17H20N2S/c1-15(2)12-20(19-10-9-18-14-19)11-8-17(13-20)16-6-4-3-5-7-16/h3-11,13-15H,12H2,1-2H3. The first-order chi connectivity index (χ1) is 9.70. The van der Waals surface area contributed by atoms with Gasteiger partial charge in [-0.2, -0.15) is 0 Å². The van der Waals surface area contributed by atoms with Crippen LogP contribution >= 0.6 is 10.2 Å². The molecule has 1 aliphatic heterocycles. The van der Waals surface area contributed by atoms with E-state index in [2.05, 4.69) is 76.2 Å². The molecule has 1 atom stereocenters. The van der Waals surface area contributed by atoms with Crippen LogP contribution in [0.25, 0.3) is 5.57 Å². The van der Waals surface area contributed by atoms with Gasteiger partial charge in [0, 0.05) is 18.1 Å². The molecule has 2 nitrogen and oxygen atoms in total. The van der Waals surface area contributed by atoms with Crippen LogP contribution in [0.15, 0.2) is 65.9 Å². The van der Waals surface area contributed by atoms with Crippen molar-refractivity contribution in [3.63, 3.8) is 0 Å². The summed E-state index contributed by atoms with van der Waals surface area (Å²) in [5, 5.41) is 4.83. The molecule has 0 aliphatic carbocycles. The lowest BCUT2D eigenvalue weighted by molar-refractivity contribution is 0.744. The van der Waals surface area contributed by atoms with Crippen LogP contribution in [0.5, 0.6) is 0 Å². The summed E-state index contributed by atoms with van der Waals surface area (Å²) in [5.41, 5.74) is 2.62. The van der Waals surface area contributed by atoms with E-state index in [1.165, 1.54) is 11.1 Å². The third-order valence-corrected chi connectivity index (χ3v) is 6.87. The highest BCUT2D eigenvalue weighted by Gasteiger charge is 2.26. The molecule has 0 saturated carbocycles. The Labute approximate surface area is 122 Å². The summed E-state index contributed by atoms with van der Waals surface area (Å²) in [6.07, 6.45) is 8.18. The molecule has 2 heterocycles. The lowest BCUT2D eigenvalue weighted by Gasteiger charge is -2.34. The summed E-state index contributed by atoms with van der Waals surface area (Å²) in [5.74, 6) is 1.82. The van der Waals surface area contributed by atoms with E-state index in [9.17, 15) is 0 Å². The highest BCUT2D eigenvalue weighted by molar-refractivity contribution is 8.37. The first-order valence-corrected chi connectivity index (χ1v) is 8.83. The highest BCUT2D eigenvalue weighted by atomic mass is 32.3. The van der Waals surface area contributed by atoms with Gasteiger partial charge in [-0.1, -0.05) is 44.2 Å². The molecule has 3 heteroatoms. The summed E-state index contributed by atoms with van der Waals surface area (Å²) >= 11 is 0. The maximum atomic E-state index is 4.24. The Bertz CT molecular complexity index is 626. The number of aromatic nitrogens is 2. The highest BCUT2D eigenvalue weighted by Crippen LogP contribution is 2.58. The van der Waals surface area contributed by atoms with E-state index in [1.54, 1.807) is 0 Å². The Morgan fingerprint density at radius 1 is 1.20 bits per heavy atom. The van der Waals surface area contributed by atoms with Crippen LogP contribution < -0.4 is 0 Å². The summed E-state index contributed by atoms with van der Waals surface area (Å²) < 4.78 is 2.29. The second-order valence-corrected chi connectivity index (χ2v) is 8.42. The van der Waals surface area contributed by atoms with E-state index in [0.29, 0.717) is 5.92 Å². The van der Waals surface area contributed by atoms with Gasteiger partial charge in [-0.25, -0.2) is 4.98 Å². The van der Waals surface area contributed by atoms with Gasteiger partial charge in [-0.15, -0.1) is 10.2 Å². The van der Waals surface area contributed by atoms with Gasteiger partial charge >= 0.3 is 0 Å². The lowest BCUT2D eigenvalue weighted by atomic mass is 10.1. The van der Waals surface area contributed by atoms with E-state index in [4.69, 9.17) is 0 Å². The summed E-state index contributed by atoms with van der Waals surface area (Å²) in [4.78, 5) is 4.24. The van der Waals surface area contributed by atoms with Crippen molar-refractivity contribution >= 4 is 15.8 Å². The van der Waals surface area contributed by atoms with Crippen molar-refractivity contribution in [2.75, 3.05) is 5.75 Å². The second-order valence-electron chi connectivity index (χ2n) is 5.53. The monoisotopic (exact) mass is 284 g/mol. The molecule has 2 aromatic rings. The van der Waals surface area contributed by atoms with Gasteiger partial charge in [0.1, 0.15) is 6.33 Å². The number of rotatable bonds is 4. The summed E-state index contributed by atoms with van der Waals surface area (Å²) in [6.45, 7) is 4.57. The SMILES string of the molecule is CC(C)CS1(n2ccnc2)C=CC(c2ccccc2)=C1. The fourth-order valence-electron chi connectivity index (χ4n) is 2.59. The predicted molar refractivity (Wildman–Crippen MR) is 88.5 cm³/mol. The van der Waals surface area contributed by atoms with Gasteiger partial charge in [0.05, 0.1) is 0 Å². The fraction of sp³-hybridized carbons (Fsp3) is 0.235. The number of hydrogen-bond donors (Lipinski definition) is 0. The van der Waals surface area contributed by atoms with Crippen LogP contribution in [-0.2, 0) is 0 Å². The Balaban J connectivity index is 2.02. The van der Waals surface area contributed by atoms with Crippen molar-refractivity contribution in [3.05, 3.63) is 71.5 Å². The van der Waals surface area contributed by atoms with Crippen LogP contribution in [0.2, 0.25) is 0 Å². The molecular formula is C17H20N2S. The van der Waals surface area contributed by atoms with Crippen molar-refractivity contribution in [2.24, 2.45) is 5.92 Å². The molecule has 1 aromatic carbocycles. The van der Waals surface area contributed by atoms with Gasteiger partial charge in [0.2, 0.25) is 0 Å². The number of benzene rings is 1. The van der Waals surface area contributed by atoms with Gasteiger partial charge in [-0.3, -0.25) is 3.97 Å². The van der Waals surface area contributed by atoms with Crippen molar-refractivity contribution in [1.29, 1.82) is 0 Å². The Hall–Kier alpha value is -1.74. The molecule has 0 spiro atoms. The minimum atomic E-state index is -1.08. The Morgan fingerprint density at radius 3 is 2.65 bits per heavy atom. The van der Waals surface area contributed by atoms with Crippen LogP contribution in [0.3, 0.4) is 0 Å². The van der Waals surface area contributed by atoms with E-state index in [1.807, 2.05) is 12.5 Å². The predicted octanol–water partition coefficient (Wildman–Crippen LogP) is 4.68. The zero-order chi connectivity index (χ0) is 14.0. The summed E-state index contributed by atoms with van der Waals surface area (Å²) in [6, 6.07) is 10.6. The van der Waals surface area contributed by atoms with Gasteiger partial charge < -0.3 is 0 Å². The molecule has 0 saturated heterocycles. The molecule has 0 amide bonds. The number of allylic oxidation sites excluding steroid dienone is 2. The average molecular weight is 284 g/mol. The molecule has 0 N–H and O–H groups in total. The first kappa shape index (κ1) is 13.3. The van der Waals surface area contributed by atoms with Crippen LogP contribution in [-0.4, -0.2) is 14.7 Å². The fourth-order valence-corrected chi connectivity index (χ4v) is 5.92. The first-order valence-electron chi connectivity index (χ1n) is 6.94. The largest absolute Gasteiger partial charge is 0.292 e. The molecule has 104 valence electrons. The van der Waals surface area contributed by atoms with Crippen molar-refractivity contribution in [2.45, 2.75) is 13.8 Å². The van der Waals surface area contributed by atoms with E-state index in [0.717, 1.165) is 5.75 Å². The lowest BCUT2D eigenvalue weighted by Crippen LogP contribution is -2.11. The smallest absolute Gasteiger partial charge is 0.104 e. The van der Waals surface area contributed by atoms with E-state index < -0.39 is 10.2 Å². The molecule has 3 rings (SSSR count).